The molecule has 2 aromatic rings. The zero-order chi connectivity index (χ0) is 18.0. The van der Waals surface area contributed by atoms with Crippen LogP contribution in [-0.2, 0) is 4.74 Å². The smallest absolute Gasteiger partial charge is 0.254 e. The standard InChI is InChI=1S/C18H23N3O4/c1-11(2)17-19-16(20-25-17)14-10-24-8-7-21(14)18(22)13-6-5-12(3)15(9-13)23-4/h5-6,9,11,14H,7-8,10H2,1-4H3. The molecule has 0 aliphatic carbocycles. The molecule has 1 aliphatic heterocycles. The van der Waals surface area contributed by atoms with Crippen LogP contribution in [0, 0.1) is 6.92 Å². The van der Waals surface area contributed by atoms with Gasteiger partial charge in [0.05, 0.1) is 20.3 Å². The number of ether oxygens (including phenoxy) is 2. The highest BCUT2D eigenvalue weighted by atomic mass is 16.5. The Hall–Kier alpha value is -2.41. The zero-order valence-corrected chi connectivity index (χ0v) is 15.0. The van der Waals surface area contributed by atoms with Crippen LogP contribution in [0.1, 0.15) is 53.4 Å². The Morgan fingerprint density at radius 2 is 2.20 bits per heavy atom. The lowest BCUT2D eigenvalue weighted by molar-refractivity contribution is -0.00578. The van der Waals surface area contributed by atoms with Crippen LogP contribution in [0.2, 0.25) is 0 Å². The molecule has 0 bridgehead atoms. The number of hydrogen-bond acceptors (Lipinski definition) is 6. The van der Waals surface area contributed by atoms with Gasteiger partial charge in [0.25, 0.3) is 5.91 Å². The lowest BCUT2D eigenvalue weighted by Crippen LogP contribution is -2.43. The molecule has 1 aliphatic rings. The molecule has 1 saturated heterocycles. The van der Waals surface area contributed by atoms with E-state index in [2.05, 4.69) is 10.1 Å². The van der Waals surface area contributed by atoms with E-state index in [1.54, 1.807) is 18.1 Å². The van der Waals surface area contributed by atoms with Crippen molar-refractivity contribution in [3.8, 4) is 5.75 Å². The van der Waals surface area contributed by atoms with Crippen LogP contribution >= 0.6 is 0 Å². The minimum absolute atomic E-state index is 0.0949. The molecule has 1 unspecified atom stereocenters. The molecule has 0 N–H and O–H groups in total. The average molecular weight is 345 g/mol. The van der Waals surface area contributed by atoms with E-state index in [0.717, 1.165) is 5.56 Å². The fourth-order valence-electron chi connectivity index (χ4n) is 2.80. The first-order chi connectivity index (χ1) is 12.0. The molecule has 7 nitrogen and oxygen atoms in total. The first-order valence-electron chi connectivity index (χ1n) is 8.38. The van der Waals surface area contributed by atoms with E-state index in [1.807, 2.05) is 32.9 Å². The van der Waals surface area contributed by atoms with Crippen LogP contribution in [0.3, 0.4) is 0 Å². The number of carbonyl (C=O) groups excluding carboxylic acids is 1. The minimum atomic E-state index is -0.357. The second kappa shape index (κ2) is 7.23. The Bertz CT molecular complexity index is 757. The maximum atomic E-state index is 13.0. The quantitative estimate of drug-likeness (QED) is 0.848. The van der Waals surface area contributed by atoms with Crippen LogP contribution in [0.4, 0.5) is 0 Å². The summed E-state index contributed by atoms with van der Waals surface area (Å²) in [6, 6.07) is 5.10. The zero-order valence-electron chi connectivity index (χ0n) is 15.0. The van der Waals surface area contributed by atoms with E-state index in [0.29, 0.717) is 42.8 Å². The van der Waals surface area contributed by atoms with E-state index >= 15 is 0 Å². The Labute approximate surface area is 146 Å². The van der Waals surface area contributed by atoms with Crippen molar-refractivity contribution in [1.82, 2.24) is 15.0 Å². The SMILES string of the molecule is COc1cc(C(=O)N2CCOCC2c2noc(C(C)C)n2)ccc1C. The number of nitrogens with zero attached hydrogens (tertiary/aromatic N) is 3. The van der Waals surface area contributed by atoms with Gasteiger partial charge in [0, 0.05) is 18.0 Å². The second-order valence-electron chi connectivity index (χ2n) is 6.42. The summed E-state index contributed by atoms with van der Waals surface area (Å²) in [6.07, 6.45) is 0. The van der Waals surface area contributed by atoms with Crippen LogP contribution in [0.15, 0.2) is 22.7 Å². The second-order valence-corrected chi connectivity index (χ2v) is 6.42. The normalized spacial score (nSPS) is 17.8. The van der Waals surface area contributed by atoms with Crippen molar-refractivity contribution < 1.29 is 18.8 Å². The Balaban J connectivity index is 1.88. The third kappa shape index (κ3) is 3.51. The molecule has 0 spiro atoms. The molecule has 1 amide bonds. The number of methoxy groups -OCH3 is 1. The fourth-order valence-corrected chi connectivity index (χ4v) is 2.80. The van der Waals surface area contributed by atoms with Gasteiger partial charge in [0.1, 0.15) is 11.8 Å². The monoisotopic (exact) mass is 345 g/mol. The lowest BCUT2D eigenvalue weighted by atomic mass is 10.1. The molecule has 1 fully saturated rings. The van der Waals surface area contributed by atoms with Crippen molar-refractivity contribution in [2.45, 2.75) is 32.7 Å². The molecule has 0 saturated carbocycles. The molecular formula is C18H23N3O4. The summed E-state index contributed by atoms with van der Waals surface area (Å²) in [6.45, 7) is 7.22. The van der Waals surface area contributed by atoms with Gasteiger partial charge in [-0.05, 0) is 24.6 Å². The van der Waals surface area contributed by atoms with Gasteiger partial charge in [-0.25, -0.2) is 0 Å². The highest BCUT2D eigenvalue weighted by molar-refractivity contribution is 5.95. The van der Waals surface area contributed by atoms with Crippen molar-refractivity contribution in [2.24, 2.45) is 0 Å². The van der Waals surface area contributed by atoms with E-state index in [9.17, 15) is 4.79 Å². The Kier molecular flexibility index (Phi) is 5.03. The molecule has 25 heavy (non-hydrogen) atoms. The predicted octanol–water partition coefficient (Wildman–Crippen LogP) is 2.72. The number of rotatable bonds is 4. The maximum Gasteiger partial charge on any atom is 0.254 e. The average Bonchev–Trinajstić information content (AvgIpc) is 3.12. The molecule has 7 heteroatoms. The van der Waals surface area contributed by atoms with Crippen molar-refractivity contribution in [1.29, 1.82) is 0 Å². The first kappa shape index (κ1) is 17.4. The van der Waals surface area contributed by atoms with Gasteiger partial charge >= 0.3 is 0 Å². The van der Waals surface area contributed by atoms with Gasteiger partial charge in [-0.1, -0.05) is 25.1 Å². The molecule has 1 aromatic carbocycles. The summed E-state index contributed by atoms with van der Waals surface area (Å²) in [5.74, 6) is 1.77. The molecule has 2 heterocycles. The van der Waals surface area contributed by atoms with Crippen molar-refractivity contribution in [3.63, 3.8) is 0 Å². The molecule has 134 valence electrons. The van der Waals surface area contributed by atoms with Crippen LogP contribution < -0.4 is 4.74 Å². The number of hydrogen-bond donors (Lipinski definition) is 0. The molecule has 1 aromatic heterocycles. The summed E-state index contributed by atoms with van der Waals surface area (Å²) < 4.78 is 16.2. The number of benzene rings is 1. The Morgan fingerprint density at radius 1 is 1.40 bits per heavy atom. The topological polar surface area (TPSA) is 77.7 Å². The third-order valence-corrected chi connectivity index (χ3v) is 4.29. The highest BCUT2D eigenvalue weighted by Crippen LogP contribution is 2.27. The number of carbonyl (C=O) groups is 1. The lowest BCUT2D eigenvalue weighted by Gasteiger charge is -2.33. The Morgan fingerprint density at radius 3 is 2.88 bits per heavy atom. The van der Waals surface area contributed by atoms with Gasteiger partial charge in [0.2, 0.25) is 5.89 Å². The minimum Gasteiger partial charge on any atom is -0.496 e. The number of aromatic nitrogens is 2. The van der Waals surface area contributed by atoms with Crippen molar-refractivity contribution in [2.75, 3.05) is 26.9 Å². The van der Waals surface area contributed by atoms with Crippen LogP contribution in [-0.4, -0.2) is 47.8 Å². The number of amides is 1. The number of morpholine rings is 1. The van der Waals surface area contributed by atoms with Crippen LogP contribution in [0.25, 0.3) is 0 Å². The first-order valence-corrected chi connectivity index (χ1v) is 8.38. The van der Waals surface area contributed by atoms with E-state index in [1.165, 1.54) is 0 Å². The maximum absolute atomic E-state index is 13.0. The van der Waals surface area contributed by atoms with Crippen molar-refractivity contribution in [3.05, 3.63) is 41.0 Å². The predicted molar refractivity (Wildman–Crippen MR) is 90.7 cm³/mol. The summed E-state index contributed by atoms with van der Waals surface area (Å²) in [7, 11) is 1.60. The molecular weight excluding hydrogens is 322 g/mol. The molecule has 1 atom stereocenters. The summed E-state index contributed by atoms with van der Waals surface area (Å²) >= 11 is 0. The van der Waals surface area contributed by atoms with Crippen molar-refractivity contribution >= 4 is 5.91 Å². The van der Waals surface area contributed by atoms with Crippen LogP contribution in [0.5, 0.6) is 5.75 Å². The summed E-state index contributed by atoms with van der Waals surface area (Å²) in [5, 5.41) is 4.05. The third-order valence-electron chi connectivity index (χ3n) is 4.29. The van der Waals surface area contributed by atoms with E-state index in [-0.39, 0.29) is 17.9 Å². The van der Waals surface area contributed by atoms with Gasteiger partial charge in [-0.2, -0.15) is 4.98 Å². The molecule has 3 rings (SSSR count). The largest absolute Gasteiger partial charge is 0.496 e. The van der Waals surface area contributed by atoms with Gasteiger partial charge in [-0.15, -0.1) is 0 Å². The van der Waals surface area contributed by atoms with E-state index in [4.69, 9.17) is 14.0 Å². The summed E-state index contributed by atoms with van der Waals surface area (Å²) in [4.78, 5) is 19.2. The number of aryl methyl sites for hydroxylation is 1. The highest BCUT2D eigenvalue weighted by Gasteiger charge is 2.33. The van der Waals surface area contributed by atoms with E-state index < -0.39 is 0 Å². The summed E-state index contributed by atoms with van der Waals surface area (Å²) in [5.41, 5.74) is 1.55. The van der Waals surface area contributed by atoms with Gasteiger partial charge < -0.3 is 18.9 Å². The van der Waals surface area contributed by atoms with Gasteiger partial charge in [0.15, 0.2) is 5.82 Å². The molecule has 0 radical (unpaired) electrons. The van der Waals surface area contributed by atoms with Gasteiger partial charge in [-0.3, -0.25) is 4.79 Å². The fraction of sp³-hybridized carbons (Fsp3) is 0.500.